The summed E-state index contributed by atoms with van der Waals surface area (Å²) >= 11 is 0. The van der Waals surface area contributed by atoms with E-state index in [9.17, 15) is 4.79 Å². The van der Waals surface area contributed by atoms with Gasteiger partial charge in [-0.25, -0.2) is 5.43 Å². The van der Waals surface area contributed by atoms with Gasteiger partial charge in [0.05, 0.1) is 6.21 Å². The van der Waals surface area contributed by atoms with Crippen molar-refractivity contribution in [2.45, 2.75) is 46.1 Å². The summed E-state index contributed by atoms with van der Waals surface area (Å²) in [6.07, 6.45) is 2.05. The first-order valence-corrected chi connectivity index (χ1v) is 8.61. The fraction of sp³-hybridized carbons (Fsp3) is 0.400. The average molecular weight is 340 g/mol. The fourth-order valence-electron chi connectivity index (χ4n) is 2.70. The Hall–Kier alpha value is -2.56. The van der Waals surface area contributed by atoms with Crippen LogP contribution in [0.1, 0.15) is 48.8 Å². The van der Waals surface area contributed by atoms with Gasteiger partial charge < -0.3 is 9.15 Å². The molecule has 132 valence electrons. The van der Waals surface area contributed by atoms with Crippen molar-refractivity contribution in [3.63, 3.8) is 0 Å². The van der Waals surface area contributed by atoms with Gasteiger partial charge in [-0.3, -0.25) is 4.79 Å². The first-order valence-electron chi connectivity index (χ1n) is 8.61. The molecular weight excluding hydrogens is 316 g/mol. The molecule has 0 radical (unpaired) electrons. The Morgan fingerprint density at radius 1 is 1.36 bits per heavy atom. The van der Waals surface area contributed by atoms with Gasteiger partial charge in [-0.05, 0) is 62.4 Å². The molecular formula is C20H24N2O3. The first-order chi connectivity index (χ1) is 12.0. The van der Waals surface area contributed by atoms with Crippen LogP contribution in [0.15, 0.2) is 39.9 Å². The van der Waals surface area contributed by atoms with E-state index in [2.05, 4.69) is 17.5 Å². The Kier molecular flexibility index (Phi) is 4.93. The SMILES string of the molecule is Cc1cccc(O[C@@H](C)C(=O)N/N=C\c2ccc([C@@H]3C[C@@H]3C)o2)c1C. The van der Waals surface area contributed by atoms with E-state index in [0.29, 0.717) is 23.3 Å². The minimum absolute atomic E-state index is 0.306. The predicted molar refractivity (Wildman–Crippen MR) is 97.0 cm³/mol. The standard InChI is InChI=1S/C20H24N2O3/c1-12-6-5-7-18(14(12)3)24-15(4)20(23)22-21-11-16-8-9-19(25-16)17-10-13(17)2/h5-9,11,13,15,17H,10H2,1-4H3,(H,22,23)/b21-11-/t13-,15-,17+/m0/s1. The zero-order valence-corrected chi connectivity index (χ0v) is 15.1. The lowest BCUT2D eigenvalue weighted by Gasteiger charge is -2.15. The number of aryl methyl sites for hydroxylation is 1. The molecule has 1 N–H and O–H groups in total. The molecule has 0 unspecified atom stereocenters. The number of ether oxygens (including phenoxy) is 1. The number of furan rings is 1. The minimum Gasteiger partial charge on any atom is -0.481 e. The number of hydrazone groups is 1. The lowest BCUT2D eigenvalue weighted by atomic mass is 10.1. The van der Waals surface area contributed by atoms with E-state index in [1.165, 1.54) is 12.6 Å². The van der Waals surface area contributed by atoms with E-state index in [0.717, 1.165) is 16.9 Å². The molecule has 1 saturated carbocycles. The van der Waals surface area contributed by atoms with E-state index in [-0.39, 0.29) is 5.91 Å². The molecule has 1 aromatic carbocycles. The van der Waals surface area contributed by atoms with Gasteiger partial charge >= 0.3 is 0 Å². The van der Waals surface area contributed by atoms with Gasteiger partial charge in [-0.2, -0.15) is 5.10 Å². The number of rotatable bonds is 6. The van der Waals surface area contributed by atoms with Gasteiger partial charge in [0.2, 0.25) is 0 Å². The summed E-state index contributed by atoms with van der Waals surface area (Å²) in [5.41, 5.74) is 4.65. The van der Waals surface area contributed by atoms with Gasteiger partial charge in [-0.1, -0.05) is 19.1 Å². The highest BCUT2D eigenvalue weighted by atomic mass is 16.5. The van der Waals surface area contributed by atoms with Crippen LogP contribution in [-0.2, 0) is 4.79 Å². The number of nitrogens with zero attached hydrogens (tertiary/aromatic N) is 1. The van der Waals surface area contributed by atoms with E-state index in [1.54, 1.807) is 6.92 Å². The lowest BCUT2D eigenvalue weighted by Crippen LogP contribution is -2.33. The maximum Gasteiger partial charge on any atom is 0.280 e. The van der Waals surface area contributed by atoms with Gasteiger partial charge in [0.25, 0.3) is 5.91 Å². The first kappa shape index (κ1) is 17.3. The van der Waals surface area contributed by atoms with Crippen LogP contribution in [0, 0.1) is 19.8 Å². The van der Waals surface area contributed by atoms with Crippen LogP contribution >= 0.6 is 0 Å². The highest BCUT2D eigenvalue weighted by Gasteiger charge is 2.36. The highest BCUT2D eigenvalue weighted by Crippen LogP contribution is 2.47. The molecule has 1 amide bonds. The third-order valence-corrected chi connectivity index (χ3v) is 4.72. The Morgan fingerprint density at radius 3 is 2.84 bits per heavy atom. The van der Waals surface area contributed by atoms with Crippen LogP contribution in [0.3, 0.4) is 0 Å². The molecule has 1 aromatic heterocycles. The zero-order chi connectivity index (χ0) is 18.0. The van der Waals surface area contributed by atoms with Crippen LogP contribution < -0.4 is 10.2 Å². The molecule has 0 aliphatic heterocycles. The van der Waals surface area contributed by atoms with Crippen LogP contribution in [0.5, 0.6) is 5.75 Å². The summed E-state index contributed by atoms with van der Waals surface area (Å²) in [7, 11) is 0. The Balaban J connectivity index is 1.53. The number of carbonyl (C=O) groups excluding carboxylic acids is 1. The molecule has 0 saturated heterocycles. The molecule has 1 fully saturated rings. The number of nitrogens with one attached hydrogen (secondary N) is 1. The van der Waals surface area contributed by atoms with Crippen LogP contribution in [0.2, 0.25) is 0 Å². The van der Waals surface area contributed by atoms with E-state index in [4.69, 9.17) is 9.15 Å². The molecule has 2 aromatic rings. The van der Waals surface area contributed by atoms with Gasteiger partial charge in [0, 0.05) is 5.92 Å². The van der Waals surface area contributed by atoms with Gasteiger partial charge in [0.1, 0.15) is 17.3 Å². The molecule has 1 aliphatic carbocycles. The van der Waals surface area contributed by atoms with Crippen molar-refractivity contribution in [2.24, 2.45) is 11.0 Å². The Bertz CT molecular complexity index is 794. The second-order valence-corrected chi connectivity index (χ2v) is 6.75. The number of carbonyl (C=O) groups is 1. The van der Waals surface area contributed by atoms with E-state index >= 15 is 0 Å². The number of hydrogen-bond donors (Lipinski definition) is 1. The van der Waals surface area contributed by atoms with Crippen LogP contribution in [0.4, 0.5) is 0 Å². The molecule has 5 nitrogen and oxygen atoms in total. The molecule has 3 atom stereocenters. The smallest absolute Gasteiger partial charge is 0.280 e. The number of amides is 1. The van der Waals surface area contributed by atoms with Crippen molar-refractivity contribution >= 4 is 12.1 Å². The van der Waals surface area contributed by atoms with Crippen molar-refractivity contribution in [3.8, 4) is 5.75 Å². The summed E-state index contributed by atoms with van der Waals surface area (Å²) in [6, 6.07) is 9.63. The average Bonchev–Trinajstić information content (AvgIpc) is 3.13. The quantitative estimate of drug-likeness (QED) is 0.640. The monoisotopic (exact) mass is 340 g/mol. The van der Waals surface area contributed by atoms with Crippen molar-refractivity contribution in [1.82, 2.24) is 5.43 Å². The normalized spacial score (nSPS) is 20.5. The second-order valence-electron chi connectivity index (χ2n) is 6.75. The third-order valence-electron chi connectivity index (χ3n) is 4.72. The topological polar surface area (TPSA) is 63.8 Å². The Morgan fingerprint density at radius 2 is 2.12 bits per heavy atom. The maximum absolute atomic E-state index is 12.1. The number of hydrogen-bond acceptors (Lipinski definition) is 4. The summed E-state index contributed by atoms with van der Waals surface area (Å²) in [5, 5.41) is 3.96. The molecule has 0 bridgehead atoms. The van der Waals surface area contributed by atoms with E-state index in [1.807, 2.05) is 44.2 Å². The number of benzene rings is 1. The predicted octanol–water partition coefficient (Wildman–Crippen LogP) is 3.94. The van der Waals surface area contributed by atoms with Gasteiger partial charge in [0.15, 0.2) is 6.10 Å². The van der Waals surface area contributed by atoms with E-state index < -0.39 is 6.10 Å². The largest absolute Gasteiger partial charge is 0.481 e. The Labute approximate surface area is 148 Å². The highest BCUT2D eigenvalue weighted by molar-refractivity contribution is 5.83. The molecule has 1 aliphatic rings. The third kappa shape index (κ3) is 4.10. The maximum atomic E-state index is 12.1. The molecule has 1 heterocycles. The summed E-state index contributed by atoms with van der Waals surface area (Å²) in [4.78, 5) is 12.1. The molecule has 0 spiro atoms. The second kappa shape index (κ2) is 7.13. The molecule has 25 heavy (non-hydrogen) atoms. The molecule has 3 rings (SSSR count). The minimum atomic E-state index is -0.642. The summed E-state index contributed by atoms with van der Waals surface area (Å²) in [5.74, 6) is 3.26. The zero-order valence-electron chi connectivity index (χ0n) is 15.1. The molecule has 5 heteroatoms. The van der Waals surface area contributed by atoms with Gasteiger partial charge in [-0.15, -0.1) is 0 Å². The summed E-state index contributed by atoms with van der Waals surface area (Å²) < 4.78 is 11.4. The van der Waals surface area contributed by atoms with Crippen LogP contribution in [-0.4, -0.2) is 18.2 Å². The van der Waals surface area contributed by atoms with Crippen molar-refractivity contribution in [2.75, 3.05) is 0 Å². The lowest BCUT2D eigenvalue weighted by molar-refractivity contribution is -0.127. The fourth-order valence-corrected chi connectivity index (χ4v) is 2.70. The van der Waals surface area contributed by atoms with Crippen molar-refractivity contribution in [1.29, 1.82) is 0 Å². The van der Waals surface area contributed by atoms with Crippen molar-refractivity contribution < 1.29 is 13.9 Å². The van der Waals surface area contributed by atoms with Crippen LogP contribution in [0.25, 0.3) is 0 Å². The summed E-state index contributed by atoms with van der Waals surface area (Å²) in [6.45, 7) is 7.89. The van der Waals surface area contributed by atoms with Crippen molar-refractivity contribution in [3.05, 3.63) is 53.0 Å².